The number of nitrogens with zero attached hydrogens (tertiary/aromatic N) is 2. The van der Waals surface area contributed by atoms with E-state index >= 15 is 0 Å². The van der Waals surface area contributed by atoms with E-state index in [1.165, 1.54) is 6.20 Å². The zero-order chi connectivity index (χ0) is 14.6. The molecule has 10 heteroatoms. The topological polar surface area (TPSA) is 37.4 Å². The molecule has 0 aromatic heterocycles. The molecule has 0 spiro atoms. The third kappa shape index (κ3) is 26.9. The first-order valence-electron chi connectivity index (χ1n) is 4.12. The third-order valence-corrected chi connectivity index (χ3v) is 1.13. The van der Waals surface area contributed by atoms with Crippen LogP contribution < -0.4 is 0 Å². The summed E-state index contributed by atoms with van der Waals surface area (Å²) in [7, 11) is 26.5. The number of hydrogen-bond donors (Lipinski definition) is 0. The summed E-state index contributed by atoms with van der Waals surface area (Å²) >= 11 is 0. The molecule has 0 bridgehead atoms. The van der Waals surface area contributed by atoms with E-state index in [0.29, 0.717) is 5.76 Å². The molecule has 0 aliphatic carbocycles. The molecule has 3 nitrogen and oxygen atoms in total. The second-order valence-electron chi connectivity index (χ2n) is 4.02. The summed E-state index contributed by atoms with van der Waals surface area (Å²) in [5, 5.41) is 8.20. The SMILES string of the molecule is CO/C(=C/[N+]#N)C(C)(C)C.[Cl][Sb-]([Cl])([Cl])([Cl])([Cl])[Cl]. The summed E-state index contributed by atoms with van der Waals surface area (Å²) in [6, 6.07) is 0. The summed E-state index contributed by atoms with van der Waals surface area (Å²) in [6.07, 6.45) is 1.31. The van der Waals surface area contributed by atoms with E-state index in [2.05, 4.69) is 4.98 Å². The first-order chi connectivity index (χ1) is 6.97. The van der Waals surface area contributed by atoms with Gasteiger partial charge in [0.15, 0.2) is 10.7 Å². The van der Waals surface area contributed by atoms with Crippen LogP contribution in [0.4, 0.5) is 0 Å². The molecule has 0 radical (unpaired) electrons. The van der Waals surface area contributed by atoms with Crippen LogP contribution in [0.5, 0.6) is 0 Å². The average Bonchev–Trinajstić information content (AvgIpc) is 1.91. The Morgan fingerprint density at radius 2 is 1.41 bits per heavy atom. The second-order valence-corrected chi connectivity index (χ2v) is 60.9. The molecule has 0 rings (SSSR count). The Morgan fingerprint density at radius 3 is 1.47 bits per heavy atom. The Balaban J connectivity index is 0. The fraction of sp³-hybridized carbons (Fsp3) is 0.714. The average molecular weight is 476 g/mol. The molecule has 0 aromatic carbocycles. The molecule has 0 aliphatic heterocycles. The van der Waals surface area contributed by atoms with Crippen LogP contribution in [0.2, 0.25) is 0 Å². The predicted molar refractivity (Wildman–Crippen MR) is 80.5 cm³/mol. The summed E-state index contributed by atoms with van der Waals surface area (Å²) in [4.78, 5) is 2.89. The van der Waals surface area contributed by atoms with Gasteiger partial charge >= 0.3 is 68.3 Å². The summed E-state index contributed by atoms with van der Waals surface area (Å²) in [6.45, 7) is 5.94. The summed E-state index contributed by atoms with van der Waals surface area (Å²) in [5.41, 5.74) is -0.0962. The number of ether oxygens (including phenoxy) is 1. The van der Waals surface area contributed by atoms with Gasteiger partial charge in [0.1, 0.15) is 0 Å². The van der Waals surface area contributed by atoms with Gasteiger partial charge < -0.3 is 4.74 Å². The van der Waals surface area contributed by atoms with E-state index in [0.717, 1.165) is 0 Å². The van der Waals surface area contributed by atoms with E-state index in [1.54, 1.807) is 7.11 Å². The van der Waals surface area contributed by atoms with Gasteiger partial charge in [-0.2, -0.15) is 0 Å². The molecule has 0 N–H and O–H groups in total. The van der Waals surface area contributed by atoms with Crippen molar-refractivity contribution in [2.45, 2.75) is 20.8 Å². The first-order valence-corrected chi connectivity index (χ1v) is 23.5. The van der Waals surface area contributed by atoms with Crippen molar-refractivity contribution in [3.8, 4) is 0 Å². The van der Waals surface area contributed by atoms with Gasteiger partial charge in [0.05, 0.1) is 7.11 Å². The van der Waals surface area contributed by atoms with Gasteiger partial charge in [-0.05, 0) is 0 Å². The van der Waals surface area contributed by atoms with Crippen LogP contribution >= 0.6 is 53.0 Å². The van der Waals surface area contributed by atoms with E-state index < -0.39 is 9.14 Å². The predicted octanol–water partition coefficient (Wildman–Crippen LogP) is 6.13. The van der Waals surface area contributed by atoms with Crippen LogP contribution in [0.3, 0.4) is 0 Å². The molecule has 0 saturated carbocycles. The minimum atomic E-state index is -5.42. The molecule has 0 fully saturated rings. The van der Waals surface area contributed by atoms with Gasteiger partial charge in [-0.1, -0.05) is 20.8 Å². The number of allylic oxidation sites excluding steroid dienone is 1. The Bertz CT molecular complexity index is 321. The zero-order valence-corrected chi connectivity index (χ0v) is 16.7. The fourth-order valence-electron chi connectivity index (χ4n) is 0.605. The Morgan fingerprint density at radius 1 is 1.12 bits per heavy atom. The molecule has 0 amide bonds. The molecule has 0 heterocycles. The van der Waals surface area contributed by atoms with Crippen molar-refractivity contribution in [2.75, 3.05) is 7.11 Å². The molecule has 0 atom stereocenters. The molecule has 104 valence electrons. The number of halogens is 6. The Hall–Kier alpha value is 1.52. The van der Waals surface area contributed by atoms with Crippen molar-refractivity contribution >= 4 is 62.1 Å². The number of rotatable bonds is 1. The first kappa shape index (κ1) is 20.8. The van der Waals surface area contributed by atoms with Gasteiger partial charge in [-0.15, -0.1) is 0 Å². The van der Waals surface area contributed by atoms with Crippen LogP contribution in [-0.4, -0.2) is 16.2 Å². The van der Waals surface area contributed by atoms with Crippen molar-refractivity contribution in [2.24, 2.45) is 5.41 Å². The molecule has 0 unspecified atom stereocenters. The third-order valence-electron chi connectivity index (χ3n) is 1.13. The van der Waals surface area contributed by atoms with Gasteiger partial charge in [0.25, 0.3) is 0 Å². The van der Waals surface area contributed by atoms with Gasteiger partial charge in [-0.25, -0.2) is 0 Å². The molecule has 0 saturated heterocycles. The van der Waals surface area contributed by atoms with Gasteiger partial charge in [-0.3, -0.25) is 0 Å². The van der Waals surface area contributed by atoms with E-state index in [4.69, 9.17) is 63.1 Å². The molecular formula is C7H13Cl6N2OSb. The number of diazo groups is 1. The number of hydrogen-bond acceptors (Lipinski definition) is 2. The van der Waals surface area contributed by atoms with Gasteiger partial charge in [0.2, 0.25) is 5.39 Å². The van der Waals surface area contributed by atoms with Crippen molar-refractivity contribution in [1.29, 1.82) is 5.39 Å². The van der Waals surface area contributed by atoms with Crippen LogP contribution in [0.25, 0.3) is 4.98 Å². The molecule has 0 aliphatic rings. The van der Waals surface area contributed by atoms with Crippen LogP contribution in [0, 0.1) is 10.8 Å². The molecular weight excluding hydrogens is 463 g/mol. The standard InChI is InChI=1S/C7H13N2O.6ClH.Sb/c1-7(2,3)6(10-4)5-9-8;;;;;;;/h5H,1-4H3;6*1H;/q+1;;;;;;;+5/p-6/b6-5+;;;;;;;. The van der Waals surface area contributed by atoms with Crippen LogP contribution in [-0.2, 0) is 4.74 Å². The summed E-state index contributed by atoms with van der Waals surface area (Å²) < 4.78 is 4.96. The summed E-state index contributed by atoms with van der Waals surface area (Å²) in [5.74, 6) is 0.662. The van der Waals surface area contributed by atoms with Crippen molar-refractivity contribution < 1.29 is 4.74 Å². The van der Waals surface area contributed by atoms with Crippen LogP contribution in [0.1, 0.15) is 20.8 Å². The van der Waals surface area contributed by atoms with E-state index in [-0.39, 0.29) is 5.41 Å². The van der Waals surface area contributed by atoms with Crippen molar-refractivity contribution in [3.63, 3.8) is 0 Å². The Labute approximate surface area is 121 Å². The monoisotopic (exact) mass is 472 g/mol. The fourth-order valence-corrected chi connectivity index (χ4v) is 0.605. The molecule has 17 heavy (non-hydrogen) atoms. The number of methoxy groups -OCH3 is 1. The van der Waals surface area contributed by atoms with Crippen molar-refractivity contribution in [1.82, 2.24) is 0 Å². The quantitative estimate of drug-likeness (QED) is 0.260. The maximum atomic E-state index is 8.20. The van der Waals surface area contributed by atoms with Crippen molar-refractivity contribution in [3.05, 3.63) is 16.9 Å². The second kappa shape index (κ2) is 5.88. The molecule has 0 aromatic rings. The normalized spacial score (nSPS) is 16.9. The minimum absolute atomic E-state index is 0.0962. The zero-order valence-electron chi connectivity index (χ0n) is 9.60. The van der Waals surface area contributed by atoms with E-state index in [1.807, 2.05) is 20.8 Å². The maximum absolute atomic E-state index is 8.20. The van der Waals surface area contributed by atoms with E-state index in [9.17, 15) is 0 Å². The van der Waals surface area contributed by atoms with Crippen LogP contribution in [0.15, 0.2) is 12.0 Å². The Kier molecular flexibility index (Phi) is 7.20. The van der Waals surface area contributed by atoms with Gasteiger partial charge in [0, 0.05) is 5.41 Å².